The highest BCUT2D eigenvalue weighted by atomic mass is 32.1. The number of hydrogen-bond donors (Lipinski definition) is 1. The number of hydrogen-bond acceptors (Lipinski definition) is 5. The summed E-state index contributed by atoms with van der Waals surface area (Å²) in [5.41, 5.74) is 5.43. The first kappa shape index (κ1) is 10.5. The third-order valence-electron chi connectivity index (χ3n) is 2.27. The van der Waals surface area contributed by atoms with Crippen LogP contribution >= 0.6 is 11.3 Å². The second kappa shape index (κ2) is 5.18. The fourth-order valence-electron chi connectivity index (χ4n) is 1.48. The molecule has 2 aromatic rings. The van der Waals surface area contributed by atoms with E-state index in [-0.39, 0.29) is 0 Å². The van der Waals surface area contributed by atoms with Crippen LogP contribution in [0.2, 0.25) is 0 Å². The van der Waals surface area contributed by atoms with Gasteiger partial charge in [0.25, 0.3) is 0 Å². The molecule has 0 radical (unpaired) electrons. The van der Waals surface area contributed by atoms with Crippen molar-refractivity contribution in [2.75, 3.05) is 6.54 Å². The lowest BCUT2D eigenvalue weighted by molar-refractivity contribution is 0.642. The molecule has 82 valence electrons. The summed E-state index contributed by atoms with van der Waals surface area (Å²) in [5.74, 6) is 0. The highest BCUT2D eigenvalue weighted by molar-refractivity contribution is 7.16. The highest BCUT2D eigenvalue weighted by Crippen LogP contribution is 2.14. The van der Waals surface area contributed by atoms with Crippen LogP contribution in [0.1, 0.15) is 30.7 Å². The lowest BCUT2D eigenvalue weighted by Crippen LogP contribution is -1.97. The fraction of sp³-hybridized carbons (Fsp3) is 0.667. The van der Waals surface area contributed by atoms with E-state index in [1.54, 1.807) is 22.2 Å². The van der Waals surface area contributed by atoms with Crippen molar-refractivity contribution in [1.82, 2.24) is 19.8 Å². The molecule has 0 aliphatic rings. The summed E-state index contributed by atoms with van der Waals surface area (Å²) in [6.45, 7) is 0.802. The van der Waals surface area contributed by atoms with E-state index in [0.717, 1.165) is 29.4 Å². The SMILES string of the molecule is NCCCCCCc1nn2cnnc2s1. The van der Waals surface area contributed by atoms with Crippen molar-refractivity contribution >= 4 is 16.3 Å². The predicted octanol–water partition coefficient (Wildman–Crippen LogP) is 1.25. The van der Waals surface area contributed by atoms with Crippen LogP contribution < -0.4 is 5.73 Å². The van der Waals surface area contributed by atoms with Crippen LogP contribution in [-0.2, 0) is 6.42 Å². The van der Waals surface area contributed by atoms with Crippen LogP contribution in [0.15, 0.2) is 6.33 Å². The van der Waals surface area contributed by atoms with Crippen LogP contribution in [0.25, 0.3) is 4.96 Å². The first-order valence-corrected chi connectivity index (χ1v) is 6.07. The number of aromatic nitrogens is 4. The minimum atomic E-state index is 0.802. The number of nitrogens with zero attached hydrogens (tertiary/aromatic N) is 4. The lowest BCUT2D eigenvalue weighted by Gasteiger charge is -1.96. The normalized spacial score (nSPS) is 11.3. The van der Waals surface area contributed by atoms with Crippen molar-refractivity contribution in [2.24, 2.45) is 5.73 Å². The molecule has 0 saturated heterocycles. The van der Waals surface area contributed by atoms with E-state index in [2.05, 4.69) is 15.3 Å². The minimum Gasteiger partial charge on any atom is -0.330 e. The van der Waals surface area contributed by atoms with Crippen molar-refractivity contribution in [1.29, 1.82) is 0 Å². The molecule has 15 heavy (non-hydrogen) atoms. The first-order valence-electron chi connectivity index (χ1n) is 5.26. The van der Waals surface area contributed by atoms with Crippen molar-refractivity contribution in [3.05, 3.63) is 11.3 Å². The lowest BCUT2D eigenvalue weighted by atomic mass is 10.1. The Kier molecular flexibility index (Phi) is 3.63. The molecule has 0 amide bonds. The van der Waals surface area contributed by atoms with Crippen molar-refractivity contribution in [3.63, 3.8) is 0 Å². The Morgan fingerprint density at radius 3 is 2.93 bits per heavy atom. The molecule has 2 heterocycles. The summed E-state index contributed by atoms with van der Waals surface area (Å²) < 4.78 is 1.74. The summed E-state index contributed by atoms with van der Waals surface area (Å²) in [5, 5.41) is 13.2. The molecule has 0 atom stereocenters. The Morgan fingerprint density at radius 2 is 2.13 bits per heavy atom. The third-order valence-corrected chi connectivity index (χ3v) is 3.25. The number of rotatable bonds is 6. The quantitative estimate of drug-likeness (QED) is 0.751. The van der Waals surface area contributed by atoms with Gasteiger partial charge in [-0.3, -0.25) is 0 Å². The van der Waals surface area contributed by atoms with Crippen LogP contribution in [0.3, 0.4) is 0 Å². The summed E-state index contributed by atoms with van der Waals surface area (Å²) in [6, 6.07) is 0. The molecule has 6 heteroatoms. The molecular weight excluding hydrogens is 210 g/mol. The van der Waals surface area contributed by atoms with E-state index in [1.165, 1.54) is 19.3 Å². The van der Waals surface area contributed by atoms with Gasteiger partial charge in [0.1, 0.15) is 11.3 Å². The van der Waals surface area contributed by atoms with E-state index in [4.69, 9.17) is 5.73 Å². The zero-order valence-electron chi connectivity index (χ0n) is 8.59. The van der Waals surface area contributed by atoms with Gasteiger partial charge in [-0.2, -0.15) is 9.61 Å². The minimum absolute atomic E-state index is 0.802. The number of fused-ring (bicyclic) bond motifs is 1. The average molecular weight is 225 g/mol. The molecule has 0 aliphatic carbocycles. The highest BCUT2D eigenvalue weighted by Gasteiger charge is 2.04. The monoisotopic (exact) mass is 225 g/mol. The maximum absolute atomic E-state index is 5.43. The Hall–Kier alpha value is -1.01. The largest absolute Gasteiger partial charge is 0.330 e. The van der Waals surface area contributed by atoms with Crippen molar-refractivity contribution < 1.29 is 0 Å². The van der Waals surface area contributed by atoms with Gasteiger partial charge < -0.3 is 5.73 Å². The van der Waals surface area contributed by atoms with Gasteiger partial charge in [-0.25, -0.2) is 0 Å². The molecule has 0 spiro atoms. The Labute approximate surface area is 92.3 Å². The van der Waals surface area contributed by atoms with Gasteiger partial charge in [-0.1, -0.05) is 24.2 Å². The standard InChI is InChI=1S/C9H15N5S/c10-6-4-2-1-3-5-8-13-14-7-11-12-9(14)15-8/h7H,1-6,10H2. The molecule has 0 saturated carbocycles. The fourth-order valence-corrected chi connectivity index (χ4v) is 2.33. The van der Waals surface area contributed by atoms with E-state index < -0.39 is 0 Å². The van der Waals surface area contributed by atoms with E-state index in [0.29, 0.717) is 0 Å². The number of unbranched alkanes of at least 4 members (excludes halogenated alkanes) is 3. The summed E-state index contributed by atoms with van der Waals surface area (Å²) in [7, 11) is 0. The van der Waals surface area contributed by atoms with Gasteiger partial charge in [-0.05, 0) is 19.4 Å². The topological polar surface area (TPSA) is 69.1 Å². The van der Waals surface area contributed by atoms with Gasteiger partial charge in [0.2, 0.25) is 4.96 Å². The molecule has 0 bridgehead atoms. The number of aryl methyl sites for hydroxylation is 1. The van der Waals surface area contributed by atoms with Crippen LogP contribution in [0.5, 0.6) is 0 Å². The molecule has 0 aromatic carbocycles. The maximum Gasteiger partial charge on any atom is 0.234 e. The average Bonchev–Trinajstić information content (AvgIpc) is 2.77. The predicted molar refractivity (Wildman–Crippen MR) is 59.9 cm³/mol. The van der Waals surface area contributed by atoms with Gasteiger partial charge in [-0.15, -0.1) is 10.2 Å². The van der Waals surface area contributed by atoms with Gasteiger partial charge in [0, 0.05) is 6.42 Å². The maximum atomic E-state index is 5.43. The Balaban J connectivity index is 1.77. The molecule has 0 aliphatic heterocycles. The Bertz CT molecular complexity index is 379. The van der Waals surface area contributed by atoms with Gasteiger partial charge in [0.05, 0.1) is 0 Å². The van der Waals surface area contributed by atoms with Crippen molar-refractivity contribution in [3.8, 4) is 0 Å². The smallest absolute Gasteiger partial charge is 0.234 e. The third kappa shape index (κ3) is 2.73. The van der Waals surface area contributed by atoms with Crippen molar-refractivity contribution in [2.45, 2.75) is 32.1 Å². The second-order valence-corrected chi connectivity index (χ2v) is 4.55. The molecule has 2 rings (SSSR count). The summed E-state index contributed by atoms with van der Waals surface area (Å²) in [4.78, 5) is 0.881. The molecule has 2 aromatic heterocycles. The first-order chi connectivity index (χ1) is 7.40. The number of nitrogens with two attached hydrogens (primary N) is 1. The van der Waals surface area contributed by atoms with Crippen LogP contribution in [-0.4, -0.2) is 26.4 Å². The molecular formula is C9H15N5S. The van der Waals surface area contributed by atoms with Crippen LogP contribution in [0, 0.1) is 0 Å². The van der Waals surface area contributed by atoms with E-state index >= 15 is 0 Å². The molecule has 2 N–H and O–H groups in total. The summed E-state index contributed by atoms with van der Waals surface area (Å²) in [6.07, 6.45) is 7.45. The Morgan fingerprint density at radius 1 is 1.27 bits per heavy atom. The molecule has 5 nitrogen and oxygen atoms in total. The summed E-state index contributed by atoms with van der Waals surface area (Å²) >= 11 is 1.62. The second-order valence-electron chi connectivity index (χ2n) is 3.51. The van der Waals surface area contributed by atoms with Gasteiger partial charge in [0.15, 0.2) is 0 Å². The molecule has 0 unspecified atom stereocenters. The molecule has 0 fully saturated rings. The van der Waals surface area contributed by atoms with Gasteiger partial charge >= 0.3 is 0 Å². The van der Waals surface area contributed by atoms with E-state index in [9.17, 15) is 0 Å². The van der Waals surface area contributed by atoms with Crippen LogP contribution in [0.4, 0.5) is 0 Å². The zero-order chi connectivity index (χ0) is 10.5. The van der Waals surface area contributed by atoms with E-state index in [1.807, 2.05) is 0 Å². The zero-order valence-corrected chi connectivity index (χ0v) is 9.41.